The van der Waals surface area contributed by atoms with E-state index in [-0.39, 0.29) is 5.60 Å². The number of allylic oxidation sites excluding steroid dienone is 2. The number of carbonyl (C=O) groups excluding carboxylic acids is 1. The van der Waals surface area contributed by atoms with E-state index < -0.39 is 18.2 Å². The molecule has 1 aliphatic carbocycles. The number of piperidine rings is 1. The number of hydrogen-bond donors (Lipinski definition) is 1. The zero-order valence-corrected chi connectivity index (χ0v) is 20.0. The van der Waals surface area contributed by atoms with Crippen LogP contribution in [0.1, 0.15) is 29.7 Å². The van der Waals surface area contributed by atoms with Gasteiger partial charge in [0.2, 0.25) is 5.95 Å². The first kappa shape index (κ1) is 20.8. The fourth-order valence-corrected chi connectivity index (χ4v) is 6.14. The molecule has 2 saturated heterocycles. The summed E-state index contributed by atoms with van der Waals surface area (Å²) in [7, 11) is 0. The van der Waals surface area contributed by atoms with Gasteiger partial charge in [-0.05, 0) is 24.6 Å². The number of carbonyl (C=O) groups is 1. The summed E-state index contributed by atoms with van der Waals surface area (Å²) in [5, 5.41) is 3.32. The lowest BCUT2D eigenvalue weighted by atomic mass is 9.87. The number of hydrogen-bond acceptors (Lipinski definition) is 6. The van der Waals surface area contributed by atoms with Crippen molar-refractivity contribution in [3.8, 4) is 5.75 Å². The number of nitrogens with zero attached hydrogens (tertiary/aromatic N) is 4. The number of halogens is 1. The lowest BCUT2D eigenvalue weighted by Gasteiger charge is -2.39. The topological polar surface area (TPSA) is 81.0 Å². The first-order valence-electron chi connectivity index (χ1n) is 11.9. The predicted molar refractivity (Wildman–Crippen MR) is 132 cm³/mol. The van der Waals surface area contributed by atoms with Crippen molar-refractivity contribution < 1.29 is 14.3 Å². The maximum atomic E-state index is 11.7. The molecule has 1 spiro atoms. The number of nitrogens with one attached hydrogen (secondary N) is 1. The number of anilines is 1. The van der Waals surface area contributed by atoms with E-state index in [9.17, 15) is 4.79 Å². The Kier molecular flexibility index (Phi) is 4.45. The molecule has 7 rings (SSSR count). The van der Waals surface area contributed by atoms with Gasteiger partial charge in [0.05, 0.1) is 10.7 Å². The summed E-state index contributed by atoms with van der Waals surface area (Å²) >= 11 is 6.76. The Bertz CT molecular complexity index is 1410. The summed E-state index contributed by atoms with van der Waals surface area (Å²) in [4.78, 5) is 23.7. The van der Waals surface area contributed by atoms with E-state index in [1.54, 1.807) is 6.20 Å². The molecule has 0 bridgehead atoms. The summed E-state index contributed by atoms with van der Waals surface area (Å²) in [6.45, 7) is 3.68. The Labute approximate surface area is 207 Å². The van der Waals surface area contributed by atoms with Gasteiger partial charge in [0, 0.05) is 55.9 Å². The lowest BCUT2D eigenvalue weighted by Crippen LogP contribution is -2.48. The molecule has 1 aromatic carbocycles. The van der Waals surface area contributed by atoms with Crippen LogP contribution in [0.25, 0.3) is 11.2 Å². The summed E-state index contributed by atoms with van der Waals surface area (Å²) in [5.41, 5.74) is 4.47. The molecule has 178 valence electrons. The van der Waals surface area contributed by atoms with Crippen molar-refractivity contribution >= 4 is 34.9 Å². The van der Waals surface area contributed by atoms with E-state index in [0.717, 1.165) is 66.5 Å². The van der Waals surface area contributed by atoms with Gasteiger partial charge in [0.15, 0.2) is 0 Å². The highest BCUT2D eigenvalue weighted by atomic mass is 35.5. The molecular formula is C26H24ClN5O3. The van der Waals surface area contributed by atoms with Crippen molar-refractivity contribution in [1.29, 1.82) is 0 Å². The quantitative estimate of drug-likeness (QED) is 0.586. The van der Waals surface area contributed by atoms with Gasteiger partial charge >= 0.3 is 6.09 Å². The Morgan fingerprint density at radius 2 is 2.06 bits per heavy atom. The number of aromatic nitrogens is 3. The monoisotopic (exact) mass is 489 g/mol. The third kappa shape index (κ3) is 3.16. The lowest BCUT2D eigenvalue weighted by molar-refractivity contribution is 0.0664. The van der Waals surface area contributed by atoms with Crippen LogP contribution in [0.15, 0.2) is 53.8 Å². The van der Waals surface area contributed by atoms with Crippen molar-refractivity contribution in [2.24, 2.45) is 0 Å². The highest BCUT2D eigenvalue weighted by Crippen LogP contribution is 2.42. The van der Waals surface area contributed by atoms with Gasteiger partial charge in [-0.2, -0.15) is 0 Å². The molecule has 2 unspecified atom stereocenters. The Balaban J connectivity index is 1.21. The minimum absolute atomic E-state index is 0.126. The van der Waals surface area contributed by atoms with Gasteiger partial charge in [0.25, 0.3) is 0 Å². The second kappa shape index (κ2) is 7.49. The average Bonchev–Trinajstić information content (AvgIpc) is 3.56. The number of rotatable bonds is 2. The number of aryl methyl sites for hydroxylation is 1. The number of imidazole rings is 1. The first-order valence-corrected chi connectivity index (χ1v) is 12.3. The third-order valence-electron chi connectivity index (χ3n) is 7.58. The highest BCUT2D eigenvalue weighted by Gasteiger charge is 2.43. The van der Waals surface area contributed by atoms with Gasteiger partial charge in [-0.3, -0.25) is 4.40 Å². The maximum Gasteiger partial charge on any atom is 0.408 e. The van der Waals surface area contributed by atoms with Crippen LogP contribution in [0, 0.1) is 6.92 Å². The zero-order chi connectivity index (χ0) is 23.7. The third-order valence-corrected chi connectivity index (χ3v) is 8.01. The molecule has 0 saturated carbocycles. The fourth-order valence-electron chi connectivity index (χ4n) is 5.80. The molecule has 35 heavy (non-hydrogen) atoms. The molecule has 5 heterocycles. The van der Waals surface area contributed by atoms with Gasteiger partial charge in [-0.25, -0.2) is 14.8 Å². The molecule has 9 heteroatoms. The normalized spacial score (nSPS) is 24.4. The zero-order valence-electron chi connectivity index (χ0n) is 19.2. The van der Waals surface area contributed by atoms with Crippen LogP contribution in [0.4, 0.5) is 10.7 Å². The minimum atomic E-state index is -0.461. The molecule has 3 aliphatic heterocycles. The Morgan fingerprint density at radius 1 is 1.23 bits per heavy atom. The summed E-state index contributed by atoms with van der Waals surface area (Å²) in [5.74, 6) is 1.89. The minimum Gasteiger partial charge on any atom is -0.487 e. The first-order chi connectivity index (χ1) is 17.0. The van der Waals surface area contributed by atoms with Crippen LogP contribution in [0.2, 0.25) is 0 Å². The van der Waals surface area contributed by atoms with Crippen LogP contribution in [-0.2, 0) is 11.2 Å². The highest BCUT2D eigenvalue weighted by molar-refractivity contribution is 6.34. The molecule has 4 aliphatic rings. The van der Waals surface area contributed by atoms with Crippen LogP contribution >= 0.6 is 11.6 Å². The fraction of sp³-hybridized carbons (Fsp3) is 0.346. The van der Waals surface area contributed by atoms with E-state index in [2.05, 4.69) is 33.4 Å². The predicted octanol–water partition coefficient (Wildman–Crippen LogP) is 4.01. The Morgan fingerprint density at radius 3 is 2.89 bits per heavy atom. The van der Waals surface area contributed by atoms with Crippen LogP contribution in [0.3, 0.4) is 0 Å². The van der Waals surface area contributed by atoms with E-state index in [1.165, 1.54) is 5.56 Å². The van der Waals surface area contributed by atoms with Gasteiger partial charge < -0.3 is 19.7 Å². The van der Waals surface area contributed by atoms with Crippen molar-refractivity contribution in [2.45, 2.75) is 43.9 Å². The van der Waals surface area contributed by atoms with Crippen LogP contribution in [-0.4, -0.2) is 51.3 Å². The van der Waals surface area contributed by atoms with Crippen LogP contribution in [0.5, 0.6) is 5.75 Å². The standard InChI is InChI=1S/C26H24ClN5O3/c1-15-20(17-6-7-19-22(21(17)27)30-25(33)34-19)23-28-10-13-32(23)24(29-15)31-11-8-26(9-12-31)14-16-4-2-3-5-18(16)35-26/h2-7,10,13,19,22H,8-9,11-12,14H2,1H3,(H,30,33). The largest absolute Gasteiger partial charge is 0.487 e. The van der Waals surface area contributed by atoms with E-state index >= 15 is 0 Å². The number of alkyl carbamates (subject to hydrolysis) is 1. The van der Waals surface area contributed by atoms with E-state index in [1.807, 2.05) is 35.7 Å². The van der Waals surface area contributed by atoms with E-state index in [4.69, 9.17) is 26.1 Å². The summed E-state index contributed by atoms with van der Waals surface area (Å²) in [6, 6.07) is 7.96. The molecule has 3 aromatic rings. The molecule has 2 atom stereocenters. The summed E-state index contributed by atoms with van der Waals surface area (Å²) < 4.78 is 13.7. The Hall–Kier alpha value is -3.52. The molecular weight excluding hydrogens is 466 g/mol. The molecule has 2 fully saturated rings. The van der Waals surface area contributed by atoms with Crippen molar-refractivity contribution in [3.63, 3.8) is 0 Å². The smallest absolute Gasteiger partial charge is 0.408 e. The van der Waals surface area contributed by atoms with E-state index in [0.29, 0.717) is 5.03 Å². The number of para-hydroxylation sites is 1. The second-order valence-electron chi connectivity index (χ2n) is 9.66. The van der Waals surface area contributed by atoms with Crippen molar-refractivity contribution in [3.05, 3.63) is 70.7 Å². The molecule has 1 N–H and O–H groups in total. The molecule has 0 radical (unpaired) electrons. The van der Waals surface area contributed by atoms with Gasteiger partial charge in [-0.15, -0.1) is 0 Å². The van der Waals surface area contributed by atoms with Crippen molar-refractivity contribution in [1.82, 2.24) is 19.7 Å². The van der Waals surface area contributed by atoms with Crippen molar-refractivity contribution in [2.75, 3.05) is 18.0 Å². The number of fused-ring (bicyclic) bond motifs is 3. The summed E-state index contributed by atoms with van der Waals surface area (Å²) in [6.07, 6.45) is 9.47. The number of benzene rings is 1. The average molecular weight is 490 g/mol. The molecule has 2 aromatic heterocycles. The number of amides is 1. The molecule has 8 nitrogen and oxygen atoms in total. The number of ether oxygens (including phenoxy) is 2. The van der Waals surface area contributed by atoms with Crippen LogP contribution < -0.4 is 15.0 Å². The van der Waals surface area contributed by atoms with Gasteiger partial charge in [0.1, 0.15) is 29.1 Å². The molecule has 1 amide bonds. The SMILES string of the molecule is Cc1nc(N2CCC3(CC2)Cc2ccccc2O3)n2ccnc2c1C1=C(Cl)C2NC(=O)OC2C=C1. The second-order valence-corrected chi connectivity index (χ2v) is 10.1. The maximum absolute atomic E-state index is 11.7. The van der Waals surface area contributed by atoms with Gasteiger partial charge in [-0.1, -0.05) is 35.9 Å².